The molecular formula is C24H24N2O4S. The van der Waals surface area contributed by atoms with Gasteiger partial charge in [-0.25, -0.2) is 8.42 Å². The van der Waals surface area contributed by atoms with Crippen molar-refractivity contribution in [3.05, 3.63) is 83.9 Å². The molecule has 7 heteroatoms. The van der Waals surface area contributed by atoms with E-state index in [4.69, 9.17) is 4.74 Å². The molecule has 1 atom stereocenters. The fraction of sp³-hybridized carbons (Fsp3) is 0.208. The van der Waals surface area contributed by atoms with Crippen molar-refractivity contribution in [2.24, 2.45) is 0 Å². The number of methoxy groups -OCH3 is 1. The van der Waals surface area contributed by atoms with Crippen molar-refractivity contribution in [2.45, 2.75) is 24.3 Å². The number of carbonyl (C=O) groups is 1. The van der Waals surface area contributed by atoms with Crippen molar-refractivity contribution in [2.75, 3.05) is 23.4 Å². The lowest BCUT2D eigenvalue weighted by Gasteiger charge is -2.24. The van der Waals surface area contributed by atoms with E-state index in [9.17, 15) is 13.2 Å². The van der Waals surface area contributed by atoms with E-state index in [2.05, 4.69) is 0 Å². The summed E-state index contributed by atoms with van der Waals surface area (Å²) >= 11 is 0. The first-order chi connectivity index (χ1) is 14.8. The maximum atomic E-state index is 13.2. The molecule has 160 valence electrons. The zero-order chi connectivity index (χ0) is 22.2. The highest BCUT2D eigenvalue weighted by atomic mass is 32.2. The number of sulfonamides is 1. The van der Waals surface area contributed by atoms with Gasteiger partial charge < -0.3 is 9.64 Å². The molecule has 0 aromatic heterocycles. The molecule has 0 radical (unpaired) electrons. The van der Waals surface area contributed by atoms with Crippen LogP contribution in [0.25, 0.3) is 0 Å². The number of nitrogens with zero attached hydrogens (tertiary/aromatic N) is 2. The van der Waals surface area contributed by atoms with Gasteiger partial charge in [0.15, 0.2) is 0 Å². The van der Waals surface area contributed by atoms with E-state index < -0.39 is 10.0 Å². The molecule has 1 amide bonds. The van der Waals surface area contributed by atoms with Gasteiger partial charge >= 0.3 is 0 Å². The number of hydrogen-bond donors (Lipinski definition) is 0. The van der Waals surface area contributed by atoms with Crippen molar-refractivity contribution in [3.63, 3.8) is 0 Å². The van der Waals surface area contributed by atoms with Crippen molar-refractivity contribution in [1.29, 1.82) is 0 Å². The van der Waals surface area contributed by atoms with Crippen LogP contribution in [0.2, 0.25) is 0 Å². The molecule has 1 aliphatic heterocycles. The number of amides is 1. The molecule has 3 aromatic carbocycles. The quantitative estimate of drug-likeness (QED) is 0.604. The van der Waals surface area contributed by atoms with Crippen molar-refractivity contribution in [1.82, 2.24) is 0 Å². The fourth-order valence-electron chi connectivity index (χ4n) is 3.94. The molecule has 0 unspecified atom stereocenters. The van der Waals surface area contributed by atoms with Crippen LogP contribution >= 0.6 is 0 Å². The molecule has 0 saturated heterocycles. The van der Waals surface area contributed by atoms with Crippen LogP contribution in [0.3, 0.4) is 0 Å². The third kappa shape index (κ3) is 3.77. The summed E-state index contributed by atoms with van der Waals surface area (Å²) in [6.45, 7) is 1.88. The topological polar surface area (TPSA) is 66.9 Å². The molecule has 1 heterocycles. The van der Waals surface area contributed by atoms with Gasteiger partial charge in [0.25, 0.3) is 15.9 Å². The van der Waals surface area contributed by atoms with E-state index in [1.54, 1.807) is 73.7 Å². The second kappa shape index (κ2) is 8.07. The molecular weight excluding hydrogens is 412 g/mol. The maximum absolute atomic E-state index is 13.2. The van der Waals surface area contributed by atoms with E-state index >= 15 is 0 Å². The molecule has 6 nitrogen and oxygen atoms in total. The number of ether oxygens (including phenoxy) is 1. The average Bonchev–Trinajstić information content (AvgIpc) is 3.14. The minimum absolute atomic E-state index is 0.173. The summed E-state index contributed by atoms with van der Waals surface area (Å²) in [6.07, 6.45) is 0.547. The predicted molar refractivity (Wildman–Crippen MR) is 121 cm³/mol. The second-order valence-electron chi connectivity index (χ2n) is 7.58. The second-order valence-corrected chi connectivity index (χ2v) is 9.39. The van der Waals surface area contributed by atoms with Crippen LogP contribution in [0.4, 0.5) is 11.4 Å². The molecule has 31 heavy (non-hydrogen) atoms. The number of rotatable bonds is 5. The molecule has 1 aliphatic rings. The molecule has 4 rings (SSSR count). The minimum atomic E-state index is -3.68. The van der Waals surface area contributed by atoms with Gasteiger partial charge in [-0.3, -0.25) is 9.10 Å². The Hall–Kier alpha value is -3.32. The third-order valence-corrected chi connectivity index (χ3v) is 7.47. The van der Waals surface area contributed by atoms with Crippen LogP contribution in [0.5, 0.6) is 5.75 Å². The van der Waals surface area contributed by atoms with Crippen LogP contribution in [0.1, 0.15) is 22.8 Å². The van der Waals surface area contributed by atoms with E-state index in [0.717, 1.165) is 5.56 Å². The van der Waals surface area contributed by atoms with Gasteiger partial charge in [0.2, 0.25) is 0 Å². The maximum Gasteiger partial charge on any atom is 0.264 e. The third-order valence-electron chi connectivity index (χ3n) is 5.52. The normalized spacial score (nSPS) is 15.5. The Balaban J connectivity index is 1.65. The zero-order valence-electron chi connectivity index (χ0n) is 17.6. The number of hydrogen-bond acceptors (Lipinski definition) is 4. The zero-order valence-corrected chi connectivity index (χ0v) is 18.5. The summed E-state index contributed by atoms with van der Waals surface area (Å²) in [6, 6.07) is 20.7. The van der Waals surface area contributed by atoms with Gasteiger partial charge in [-0.1, -0.05) is 24.3 Å². The molecule has 3 aromatic rings. The Bertz CT molecular complexity index is 1230. The van der Waals surface area contributed by atoms with E-state index in [1.165, 1.54) is 4.31 Å². The Morgan fingerprint density at radius 3 is 2.48 bits per heavy atom. The SMILES string of the molecule is COc1cccc(N(C)C(=O)c2ccc3c(c2)C[C@H](C)N3S(=O)(=O)c2ccccc2)c1. The number of fused-ring (bicyclic) bond motifs is 1. The summed E-state index contributed by atoms with van der Waals surface area (Å²) in [4.78, 5) is 14.9. The smallest absolute Gasteiger partial charge is 0.264 e. The first-order valence-corrected chi connectivity index (χ1v) is 11.4. The summed E-state index contributed by atoms with van der Waals surface area (Å²) < 4.78 is 33.1. The molecule has 0 aliphatic carbocycles. The highest BCUT2D eigenvalue weighted by Gasteiger charge is 2.36. The molecule has 0 fully saturated rings. The van der Waals surface area contributed by atoms with Gasteiger partial charge in [0, 0.05) is 30.4 Å². The van der Waals surface area contributed by atoms with Gasteiger partial charge in [0.1, 0.15) is 5.75 Å². The highest BCUT2D eigenvalue weighted by molar-refractivity contribution is 7.92. The number of carbonyl (C=O) groups excluding carboxylic acids is 1. The van der Waals surface area contributed by atoms with Crippen LogP contribution in [0, 0.1) is 0 Å². The molecule has 0 spiro atoms. The standard InChI is InChI=1S/C24H24N2O4S/c1-17-14-19-15-18(24(27)25(2)20-8-7-9-21(16-20)30-3)12-13-23(19)26(17)31(28,29)22-10-5-4-6-11-22/h4-13,15-17H,14H2,1-3H3/t17-/m0/s1. The molecule has 0 bridgehead atoms. The van der Waals surface area contributed by atoms with E-state index in [1.807, 2.05) is 25.1 Å². The van der Waals surface area contributed by atoms with Gasteiger partial charge in [0.05, 0.1) is 17.7 Å². The largest absolute Gasteiger partial charge is 0.497 e. The van der Waals surface area contributed by atoms with Crippen molar-refractivity contribution in [3.8, 4) is 5.75 Å². The fourth-order valence-corrected chi connectivity index (χ4v) is 5.65. The van der Waals surface area contributed by atoms with Crippen LogP contribution in [0.15, 0.2) is 77.7 Å². The molecule has 0 N–H and O–H groups in total. The first kappa shape index (κ1) is 20.9. The summed E-state index contributed by atoms with van der Waals surface area (Å²) in [5.74, 6) is 0.495. The van der Waals surface area contributed by atoms with Gasteiger partial charge in [-0.05, 0) is 61.4 Å². The minimum Gasteiger partial charge on any atom is -0.497 e. The summed E-state index contributed by atoms with van der Waals surface area (Å²) in [5, 5.41) is 0. The predicted octanol–water partition coefficient (Wildman–Crippen LogP) is 4.11. The lowest BCUT2D eigenvalue weighted by Crippen LogP contribution is -2.35. The Kier molecular flexibility index (Phi) is 5.45. The Labute approximate surface area is 182 Å². The summed E-state index contributed by atoms with van der Waals surface area (Å²) in [5.41, 5.74) is 2.69. The Morgan fingerprint density at radius 1 is 1.03 bits per heavy atom. The average molecular weight is 437 g/mol. The lowest BCUT2D eigenvalue weighted by atomic mass is 10.1. The van der Waals surface area contributed by atoms with Crippen LogP contribution in [-0.4, -0.2) is 34.5 Å². The van der Waals surface area contributed by atoms with E-state index in [-0.39, 0.29) is 16.8 Å². The highest BCUT2D eigenvalue weighted by Crippen LogP contribution is 2.37. The van der Waals surface area contributed by atoms with Crippen LogP contribution < -0.4 is 13.9 Å². The van der Waals surface area contributed by atoms with Crippen molar-refractivity contribution < 1.29 is 17.9 Å². The Morgan fingerprint density at radius 2 is 1.77 bits per heavy atom. The van der Waals surface area contributed by atoms with E-state index in [0.29, 0.717) is 29.1 Å². The van der Waals surface area contributed by atoms with Gasteiger partial charge in [-0.15, -0.1) is 0 Å². The van der Waals surface area contributed by atoms with Gasteiger partial charge in [-0.2, -0.15) is 0 Å². The number of benzene rings is 3. The first-order valence-electron chi connectivity index (χ1n) is 9.97. The lowest BCUT2D eigenvalue weighted by molar-refractivity contribution is 0.0993. The summed E-state index contributed by atoms with van der Waals surface area (Å²) in [7, 11) is -0.389. The number of anilines is 2. The molecule has 0 saturated carbocycles. The van der Waals surface area contributed by atoms with Crippen molar-refractivity contribution >= 4 is 27.3 Å². The monoisotopic (exact) mass is 436 g/mol. The van der Waals surface area contributed by atoms with Crippen LogP contribution in [-0.2, 0) is 16.4 Å².